The van der Waals surface area contributed by atoms with Crippen LogP contribution in [0.2, 0.25) is 0 Å². The Balaban J connectivity index is 1.47. The summed E-state index contributed by atoms with van der Waals surface area (Å²) in [5.41, 5.74) is 1.17. The van der Waals surface area contributed by atoms with Crippen LogP contribution in [0.5, 0.6) is 0 Å². The maximum atomic E-state index is 10.9. The number of hydrogen-bond acceptors (Lipinski definition) is 11. The van der Waals surface area contributed by atoms with Crippen molar-refractivity contribution in [3.63, 3.8) is 0 Å². The van der Waals surface area contributed by atoms with Gasteiger partial charge in [0.1, 0.15) is 54.9 Å². The third-order valence-corrected chi connectivity index (χ3v) is 7.90. The van der Waals surface area contributed by atoms with Gasteiger partial charge in [0.2, 0.25) is 5.79 Å². The van der Waals surface area contributed by atoms with Crippen molar-refractivity contribution < 1.29 is 54.7 Å². The van der Waals surface area contributed by atoms with Crippen molar-refractivity contribution in [1.82, 2.24) is 0 Å². The molecule has 0 aliphatic carbocycles. The summed E-state index contributed by atoms with van der Waals surface area (Å²) in [5, 5.41) is 72.7. The highest BCUT2D eigenvalue weighted by Gasteiger charge is 2.58. The molecule has 0 bridgehead atoms. The molecule has 42 heavy (non-hydrogen) atoms. The fourth-order valence-corrected chi connectivity index (χ4v) is 5.59. The Labute approximate surface area is 242 Å². The molecule has 2 aliphatic heterocycles. The molecule has 2 saturated heterocycles. The lowest BCUT2D eigenvalue weighted by Gasteiger charge is -2.44. The van der Waals surface area contributed by atoms with Crippen molar-refractivity contribution in [1.29, 1.82) is 0 Å². The molecule has 0 spiro atoms. The molecule has 226 valence electrons. The highest BCUT2D eigenvalue weighted by Crippen LogP contribution is 2.42. The first-order valence-corrected chi connectivity index (χ1v) is 13.7. The Morgan fingerprint density at radius 3 is 1.57 bits per heavy atom. The van der Waals surface area contributed by atoms with E-state index in [9.17, 15) is 35.7 Å². The average Bonchev–Trinajstić information content (AvgIpc) is 3.28. The summed E-state index contributed by atoms with van der Waals surface area (Å²) in [5.74, 6) is -2.28. The number of aliphatic hydroxyl groups excluding tert-OH is 7. The number of rotatable bonds is 10. The Morgan fingerprint density at radius 1 is 0.643 bits per heavy atom. The van der Waals surface area contributed by atoms with Gasteiger partial charge in [-0.05, 0) is 16.7 Å². The van der Waals surface area contributed by atoms with Crippen molar-refractivity contribution in [2.45, 2.75) is 60.4 Å². The molecule has 9 atom stereocenters. The van der Waals surface area contributed by atoms with E-state index in [0.717, 1.165) is 16.7 Å². The van der Waals surface area contributed by atoms with Gasteiger partial charge < -0.3 is 54.7 Å². The zero-order valence-corrected chi connectivity index (χ0v) is 22.7. The molecule has 0 radical (unpaired) electrons. The maximum Gasteiger partial charge on any atom is 0.224 e. The monoisotopic (exact) mass is 584 g/mol. The molecule has 3 aromatic rings. The van der Waals surface area contributed by atoms with Crippen LogP contribution in [0.1, 0.15) is 16.7 Å². The van der Waals surface area contributed by atoms with E-state index in [0.29, 0.717) is 0 Å². The van der Waals surface area contributed by atoms with Gasteiger partial charge in [-0.25, -0.2) is 0 Å². The first-order chi connectivity index (χ1) is 20.3. The van der Waals surface area contributed by atoms with Crippen molar-refractivity contribution in [2.75, 3.05) is 19.8 Å². The van der Waals surface area contributed by atoms with Crippen LogP contribution in [-0.4, -0.2) is 110 Å². The van der Waals surface area contributed by atoms with Gasteiger partial charge in [-0.3, -0.25) is 0 Å². The molecule has 2 aliphatic rings. The van der Waals surface area contributed by atoms with Crippen molar-refractivity contribution in [2.24, 2.45) is 0 Å². The fourth-order valence-electron chi connectivity index (χ4n) is 5.59. The molecule has 11 heteroatoms. The molecule has 3 aromatic carbocycles. The Bertz CT molecular complexity index is 1170. The van der Waals surface area contributed by atoms with Crippen LogP contribution in [0, 0.1) is 0 Å². The standard InChI is InChI=1S/C31H36O11/c32-16-22-25(35)28(38)30(18-33,41-22)42-29-27(37)26(36)24(34)23(40-29)17-39-31(19-10-4-1-5-11-19,20-12-6-2-7-13-20)21-14-8-3-9-15-21/h1-15,22-29,32-38H,16-18H2/t22-,23-,24-,25-,26+,27-,28+,29-,30+/m1/s1. The van der Waals surface area contributed by atoms with Gasteiger partial charge in [0.05, 0.1) is 13.2 Å². The highest BCUT2D eigenvalue weighted by atomic mass is 16.8. The molecule has 11 nitrogen and oxygen atoms in total. The van der Waals surface area contributed by atoms with E-state index >= 15 is 0 Å². The second kappa shape index (κ2) is 12.8. The van der Waals surface area contributed by atoms with Crippen LogP contribution in [0.25, 0.3) is 0 Å². The maximum absolute atomic E-state index is 10.9. The predicted molar refractivity (Wildman–Crippen MR) is 147 cm³/mol. The number of ether oxygens (including phenoxy) is 4. The van der Waals surface area contributed by atoms with E-state index in [1.54, 1.807) is 0 Å². The van der Waals surface area contributed by atoms with Crippen molar-refractivity contribution >= 4 is 0 Å². The van der Waals surface area contributed by atoms with Crippen LogP contribution in [-0.2, 0) is 24.5 Å². The summed E-state index contributed by atoms with van der Waals surface area (Å²) >= 11 is 0. The number of benzene rings is 3. The van der Waals surface area contributed by atoms with Crippen molar-refractivity contribution in [3.05, 3.63) is 108 Å². The molecule has 2 heterocycles. The summed E-state index contributed by atoms with van der Waals surface area (Å²) in [7, 11) is 0. The average molecular weight is 585 g/mol. The normalized spacial score (nSPS) is 33.5. The van der Waals surface area contributed by atoms with Gasteiger partial charge in [-0.2, -0.15) is 0 Å². The largest absolute Gasteiger partial charge is 0.394 e. The van der Waals surface area contributed by atoms with Crippen LogP contribution < -0.4 is 0 Å². The quantitative estimate of drug-likeness (QED) is 0.155. The van der Waals surface area contributed by atoms with E-state index in [-0.39, 0.29) is 6.61 Å². The molecular weight excluding hydrogens is 548 g/mol. The van der Waals surface area contributed by atoms with Gasteiger partial charge in [0.15, 0.2) is 6.29 Å². The summed E-state index contributed by atoms with van der Waals surface area (Å²) in [6.07, 6.45) is -12.9. The van der Waals surface area contributed by atoms with Crippen LogP contribution in [0.15, 0.2) is 91.0 Å². The lowest BCUT2D eigenvalue weighted by molar-refractivity contribution is -0.385. The minimum absolute atomic E-state index is 0.305. The molecule has 2 fully saturated rings. The van der Waals surface area contributed by atoms with Gasteiger partial charge in [0.25, 0.3) is 0 Å². The first-order valence-electron chi connectivity index (χ1n) is 13.7. The summed E-state index contributed by atoms with van der Waals surface area (Å²) < 4.78 is 23.6. The third-order valence-electron chi connectivity index (χ3n) is 7.90. The molecule has 0 amide bonds. The minimum Gasteiger partial charge on any atom is -0.394 e. The lowest BCUT2D eigenvalue weighted by atomic mass is 9.80. The molecule has 0 aromatic heterocycles. The predicted octanol–water partition coefficient (Wildman–Crippen LogP) is -0.379. The molecule has 5 rings (SSSR count). The molecule has 0 saturated carbocycles. The number of hydrogen-bond donors (Lipinski definition) is 7. The molecule has 7 N–H and O–H groups in total. The van der Waals surface area contributed by atoms with E-state index < -0.39 is 73.6 Å². The zero-order valence-electron chi connectivity index (χ0n) is 22.7. The topological polar surface area (TPSA) is 179 Å². The van der Waals surface area contributed by atoms with Crippen LogP contribution in [0.4, 0.5) is 0 Å². The second-order valence-electron chi connectivity index (χ2n) is 10.5. The van der Waals surface area contributed by atoms with Gasteiger partial charge in [-0.15, -0.1) is 0 Å². The fraction of sp³-hybridized carbons (Fsp3) is 0.419. The van der Waals surface area contributed by atoms with Gasteiger partial charge >= 0.3 is 0 Å². The van der Waals surface area contributed by atoms with E-state index in [4.69, 9.17) is 18.9 Å². The van der Waals surface area contributed by atoms with Crippen molar-refractivity contribution in [3.8, 4) is 0 Å². The van der Waals surface area contributed by atoms with Gasteiger partial charge in [0, 0.05) is 0 Å². The molecular formula is C31H36O11. The zero-order chi connectivity index (χ0) is 29.9. The summed E-state index contributed by atoms with van der Waals surface area (Å²) in [6, 6.07) is 28.4. The lowest BCUT2D eigenvalue weighted by Crippen LogP contribution is -2.63. The van der Waals surface area contributed by atoms with E-state index in [2.05, 4.69) is 0 Å². The molecule has 0 unspecified atom stereocenters. The first kappa shape index (κ1) is 30.7. The number of aliphatic hydroxyl groups is 7. The second-order valence-corrected chi connectivity index (χ2v) is 10.5. The summed E-state index contributed by atoms with van der Waals surface area (Å²) in [4.78, 5) is 0. The minimum atomic E-state index is -2.28. The highest BCUT2D eigenvalue weighted by molar-refractivity contribution is 5.47. The van der Waals surface area contributed by atoms with Crippen LogP contribution in [0.3, 0.4) is 0 Å². The SMILES string of the molecule is OC[C@H]1O[C@@](CO)(O[C@H]2O[C@H](COC(c3ccccc3)(c3ccccc3)c3ccccc3)[C@@H](O)[C@H](O)[C@H]2O)[C@@H](O)[C@@H]1O. The van der Waals surface area contributed by atoms with Gasteiger partial charge in [-0.1, -0.05) is 91.0 Å². The smallest absolute Gasteiger partial charge is 0.224 e. The third kappa shape index (κ3) is 5.50. The summed E-state index contributed by atoms with van der Waals surface area (Å²) in [6.45, 7) is -1.97. The van der Waals surface area contributed by atoms with E-state index in [1.807, 2.05) is 91.0 Å². The van der Waals surface area contributed by atoms with Crippen LogP contribution >= 0.6 is 0 Å². The Morgan fingerprint density at radius 2 is 1.14 bits per heavy atom. The Kier molecular flexibility index (Phi) is 9.38. The Hall–Kier alpha value is -2.78. The van der Waals surface area contributed by atoms with E-state index in [1.165, 1.54) is 0 Å².